The Morgan fingerprint density at radius 3 is 2.22 bits per heavy atom. The number of nitrogens with one attached hydrogen (secondary N) is 1. The minimum Gasteiger partial charge on any atom is -0.350 e. The summed E-state index contributed by atoms with van der Waals surface area (Å²) in [5, 5.41) is 3.37. The van der Waals surface area contributed by atoms with Crippen molar-refractivity contribution in [3.63, 3.8) is 0 Å². The predicted octanol–water partition coefficient (Wildman–Crippen LogP) is 2.32. The van der Waals surface area contributed by atoms with Crippen molar-refractivity contribution in [2.24, 2.45) is 0 Å². The molecule has 0 aliphatic rings. The number of hydrogen-bond donors (Lipinski definition) is 1. The number of aromatic nitrogens is 2. The lowest BCUT2D eigenvalue weighted by Crippen LogP contribution is -2.43. The molecule has 0 aliphatic heterocycles. The normalized spacial score (nSPS) is 10.7. The Morgan fingerprint density at radius 1 is 1.00 bits per heavy atom. The van der Waals surface area contributed by atoms with Gasteiger partial charge in [0, 0.05) is 18.1 Å². The van der Waals surface area contributed by atoms with Crippen LogP contribution in [0, 0.1) is 0 Å². The first kappa shape index (κ1) is 18.7. The van der Waals surface area contributed by atoms with Gasteiger partial charge in [0.2, 0.25) is 5.91 Å². The largest absolute Gasteiger partial charge is 0.350 e. The topological polar surface area (TPSA) is 73.1 Å². The van der Waals surface area contributed by atoms with E-state index in [0.29, 0.717) is 22.6 Å². The molecular weight excluding hydrogens is 366 g/mol. The Balaban J connectivity index is 1.89. The van der Waals surface area contributed by atoms with Gasteiger partial charge in [0.05, 0.1) is 11.0 Å². The summed E-state index contributed by atoms with van der Waals surface area (Å²) >= 11 is 5.84. The molecule has 3 aromatic rings. The molecule has 2 aromatic carbocycles. The zero-order chi connectivity index (χ0) is 19.4. The van der Waals surface area contributed by atoms with E-state index >= 15 is 0 Å². The van der Waals surface area contributed by atoms with E-state index in [0.717, 1.165) is 5.56 Å². The first-order valence-electron chi connectivity index (χ1n) is 8.35. The summed E-state index contributed by atoms with van der Waals surface area (Å²) < 4.78 is 2.56. The first-order chi connectivity index (χ1) is 13.0. The molecule has 0 radical (unpaired) electrons. The van der Waals surface area contributed by atoms with Gasteiger partial charge in [-0.1, -0.05) is 41.9 Å². The number of amides is 1. The van der Waals surface area contributed by atoms with Crippen molar-refractivity contribution in [2.75, 3.05) is 0 Å². The minimum atomic E-state index is -0.739. The molecule has 0 saturated heterocycles. The molecule has 1 N–H and O–H groups in total. The third-order valence-corrected chi connectivity index (χ3v) is 4.40. The Hall–Kier alpha value is -3.12. The van der Waals surface area contributed by atoms with Gasteiger partial charge >= 0.3 is 11.1 Å². The van der Waals surface area contributed by atoms with Gasteiger partial charge in [-0.15, -0.1) is 6.58 Å². The van der Waals surface area contributed by atoms with Crippen molar-refractivity contribution >= 4 is 28.5 Å². The molecule has 0 fully saturated rings. The van der Waals surface area contributed by atoms with Gasteiger partial charge in [-0.3, -0.25) is 23.5 Å². The quantitative estimate of drug-likeness (QED) is 0.524. The maximum absolute atomic E-state index is 12.5. The molecule has 27 heavy (non-hydrogen) atoms. The summed E-state index contributed by atoms with van der Waals surface area (Å²) in [4.78, 5) is 37.3. The van der Waals surface area contributed by atoms with Gasteiger partial charge in [0.15, 0.2) is 0 Å². The summed E-state index contributed by atoms with van der Waals surface area (Å²) in [5.74, 6) is -0.363. The molecule has 0 aliphatic carbocycles. The van der Waals surface area contributed by atoms with E-state index in [1.165, 1.54) is 9.13 Å². The van der Waals surface area contributed by atoms with E-state index in [9.17, 15) is 14.4 Å². The Labute approximate surface area is 160 Å². The average Bonchev–Trinajstić information content (AvgIpc) is 2.68. The number of benzene rings is 2. The number of allylic oxidation sites excluding steroid dienone is 1. The second-order valence-electron chi connectivity index (χ2n) is 5.99. The van der Waals surface area contributed by atoms with Crippen LogP contribution >= 0.6 is 11.6 Å². The molecule has 7 heteroatoms. The average molecular weight is 384 g/mol. The van der Waals surface area contributed by atoms with Gasteiger partial charge in [-0.2, -0.15) is 0 Å². The number of carbonyl (C=O) groups excluding carboxylic acids is 1. The summed E-state index contributed by atoms with van der Waals surface area (Å²) in [6, 6.07) is 14.1. The number of halogens is 1. The van der Waals surface area contributed by atoms with Crippen LogP contribution in [0.2, 0.25) is 5.02 Å². The van der Waals surface area contributed by atoms with Crippen molar-refractivity contribution in [1.29, 1.82) is 0 Å². The maximum Gasteiger partial charge on any atom is 0.317 e. The number of para-hydroxylation sites is 2. The molecule has 1 aromatic heterocycles. The lowest BCUT2D eigenvalue weighted by molar-refractivity contribution is -0.121. The van der Waals surface area contributed by atoms with Crippen LogP contribution in [0.1, 0.15) is 5.56 Å². The highest BCUT2D eigenvalue weighted by molar-refractivity contribution is 6.30. The summed E-state index contributed by atoms with van der Waals surface area (Å²) in [5.41, 5.74) is 0.556. The van der Waals surface area contributed by atoms with E-state index in [1.807, 2.05) is 0 Å². The molecule has 0 saturated carbocycles. The molecule has 0 bridgehead atoms. The second-order valence-corrected chi connectivity index (χ2v) is 6.42. The SMILES string of the molecule is C=CCn1c(=O)c(=O)n(CC(=O)NCc2ccc(Cl)cc2)c2ccccc21. The van der Waals surface area contributed by atoms with Gasteiger partial charge < -0.3 is 5.32 Å². The Kier molecular flexibility index (Phi) is 5.57. The third kappa shape index (κ3) is 4.01. The van der Waals surface area contributed by atoms with Crippen LogP contribution in [0.15, 0.2) is 70.8 Å². The Morgan fingerprint density at radius 2 is 1.59 bits per heavy atom. The van der Waals surface area contributed by atoms with Crippen LogP contribution in [0.3, 0.4) is 0 Å². The monoisotopic (exact) mass is 383 g/mol. The summed E-state index contributed by atoms with van der Waals surface area (Å²) in [6.45, 7) is 3.91. The van der Waals surface area contributed by atoms with E-state index in [-0.39, 0.29) is 19.0 Å². The van der Waals surface area contributed by atoms with Crippen molar-refractivity contribution in [1.82, 2.24) is 14.5 Å². The van der Waals surface area contributed by atoms with Gasteiger partial charge in [0.1, 0.15) is 6.54 Å². The van der Waals surface area contributed by atoms with Crippen molar-refractivity contribution in [3.8, 4) is 0 Å². The number of nitrogens with zero attached hydrogens (tertiary/aromatic N) is 2. The highest BCUT2D eigenvalue weighted by Gasteiger charge is 2.14. The molecule has 0 unspecified atom stereocenters. The summed E-state index contributed by atoms with van der Waals surface area (Å²) in [6.07, 6.45) is 1.55. The van der Waals surface area contributed by atoms with Crippen molar-refractivity contribution < 1.29 is 4.79 Å². The zero-order valence-corrected chi connectivity index (χ0v) is 15.3. The van der Waals surface area contributed by atoms with Gasteiger partial charge in [-0.25, -0.2) is 0 Å². The predicted molar refractivity (Wildman–Crippen MR) is 106 cm³/mol. The summed E-state index contributed by atoms with van der Waals surface area (Å²) in [7, 11) is 0. The molecule has 0 spiro atoms. The lowest BCUT2D eigenvalue weighted by Gasteiger charge is -2.14. The number of fused-ring (bicyclic) bond motifs is 1. The molecule has 3 rings (SSSR count). The van der Waals surface area contributed by atoms with Gasteiger partial charge in [-0.05, 0) is 29.8 Å². The highest BCUT2D eigenvalue weighted by Crippen LogP contribution is 2.11. The fourth-order valence-corrected chi connectivity index (χ4v) is 2.97. The lowest BCUT2D eigenvalue weighted by atomic mass is 10.2. The second kappa shape index (κ2) is 8.05. The molecule has 1 heterocycles. The van der Waals surface area contributed by atoms with Crippen LogP contribution in [0.5, 0.6) is 0 Å². The van der Waals surface area contributed by atoms with Crippen molar-refractivity contribution in [2.45, 2.75) is 19.6 Å². The molecule has 6 nitrogen and oxygen atoms in total. The maximum atomic E-state index is 12.5. The fourth-order valence-electron chi connectivity index (χ4n) is 2.84. The van der Waals surface area contributed by atoms with Crippen molar-refractivity contribution in [3.05, 3.63) is 92.5 Å². The van der Waals surface area contributed by atoms with E-state index in [1.54, 1.807) is 54.6 Å². The molecule has 0 atom stereocenters. The van der Waals surface area contributed by atoms with Crippen LogP contribution in [-0.4, -0.2) is 15.0 Å². The van der Waals surface area contributed by atoms with Crippen LogP contribution in [0.4, 0.5) is 0 Å². The van der Waals surface area contributed by atoms with Crippen LogP contribution < -0.4 is 16.4 Å². The Bertz CT molecular complexity index is 1110. The smallest absolute Gasteiger partial charge is 0.317 e. The van der Waals surface area contributed by atoms with Crippen LogP contribution in [-0.2, 0) is 24.4 Å². The van der Waals surface area contributed by atoms with E-state index < -0.39 is 11.1 Å². The van der Waals surface area contributed by atoms with Crippen LogP contribution in [0.25, 0.3) is 11.0 Å². The number of rotatable bonds is 6. The number of hydrogen-bond acceptors (Lipinski definition) is 3. The standard InChI is InChI=1S/C20H18ClN3O3/c1-2-11-23-16-5-3-4-6-17(16)24(20(27)19(23)26)13-18(25)22-12-14-7-9-15(21)10-8-14/h2-10H,1,11-13H2,(H,22,25). The molecular formula is C20H18ClN3O3. The van der Waals surface area contributed by atoms with E-state index in [2.05, 4.69) is 11.9 Å². The van der Waals surface area contributed by atoms with Gasteiger partial charge in [0.25, 0.3) is 0 Å². The minimum absolute atomic E-state index is 0.220. The first-order valence-corrected chi connectivity index (χ1v) is 8.73. The van der Waals surface area contributed by atoms with E-state index in [4.69, 9.17) is 11.6 Å². The fraction of sp³-hybridized carbons (Fsp3) is 0.150. The zero-order valence-electron chi connectivity index (χ0n) is 14.5. The number of carbonyl (C=O) groups is 1. The molecule has 1 amide bonds. The third-order valence-electron chi connectivity index (χ3n) is 4.15. The highest BCUT2D eigenvalue weighted by atomic mass is 35.5. The molecule has 138 valence electrons.